The number of rotatable bonds is 12. The lowest BCUT2D eigenvalue weighted by Gasteiger charge is -2.53. The molecule has 0 aromatic rings. The molecule has 4 heterocycles. The molecule has 0 spiro atoms. The topological polar surface area (TPSA) is 172 Å². The zero-order valence-electron chi connectivity index (χ0n) is 41.0. The van der Waals surface area contributed by atoms with E-state index >= 15 is 0 Å². The number of carbonyl (C=O) groups excluding carboxylic acids is 2. The van der Waals surface area contributed by atoms with E-state index in [0.717, 1.165) is 45.7 Å². The minimum atomic E-state index is -1.95. The Kier molecular flexibility index (Phi) is 18.8. The summed E-state index contributed by atoms with van der Waals surface area (Å²) in [5.74, 6) is -4.20. The summed E-state index contributed by atoms with van der Waals surface area (Å²) in [4.78, 5) is 38.2. The van der Waals surface area contributed by atoms with Crippen LogP contribution < -0.4 is 0 Å². The highest BCUT2D eigenvalue weighted by atomic mass is 16.7. The van der Waals surface area contributed by atoms with E-state index in [1.165, 1.54) is 14.0 Å². The molecule has 362 valence electrons. The minimum absolute atomic E-state index is 0.107. The van der Waals surface area contributed by atoms with E-state index in [9.17, 15) is 24.9 Å². The molecule has 16 heteroatoms. The maximum atomic E-state index is 14.5. The van der Waals surface area contributed by atoms with Crippen molar-refractivity contribution in [1.82, 2.24) is 19.6 Å². The molecule has 0 aromatic carbocycles. The van der Waals surface area contributed by atoms with Crippen LogP contribution >= 0.6 is 0 Å². The van der Waals surface area contributed by atoms with Gasteiger partial charge in [-0.15, -0.1) is 0 Å². The molecule has 0 bridgehead atoms. The monoisotopic (exact) mass is 887 g/mol. The molecule has 16 nitrogen and oxygen atoms in total. The Bertz CT molecular complexity index is 1430. The molecule has 0 amide bonds. The van der Waals surface area contributed by atoms with E-state index in [-0.39, 0.29) is 43.2 Å². The molecule has 18 atom stereocenters. The zero-order chi connectivity index (χ0) is 46.6. The number of hydrogen-bond acceptors (Lipinski definition) is 16. The lowest BCUT2D eigenvalue weighted by Crippen LogP contribution is -2.66. The van der Waals surface area contributed by atoms with Crippen molar-refractivity contribution < 1.29 is 58.1 Å². The van der Waals surface area contributed by atoms with Crippen LogP contribution in [0.2, 0.25) is 0 Å². The Hall–Kier alpha value is -1.38. The molecule has 3 N–H and O–H groups in total. The van der Waals surface area contributed by atoms with Crippen LogP contribution in [0.1, 0.15) is 94.9 Å². The summed E-state index contributed by atoms with van der Waals surface area (Å²) in [7, 11) is 11.4. The number of ketones is 1. The molecule has 4 rings (SSSR count). The van der Waals surface area contributed by atoms with Crippen LogP contribution in [0.15, 0.2) is 0 Å². The standard InChI is InChI=1S/C46H86N4O12/c1-17-34-46(10,55)39(52)29(4)37(51)27(2)25-45(9,57-16)41(30(5)38(31(6)42(54)60-34)61-35-26-44(8,56-15)40(53)32(7)59-35)62-43-36(48(13)14)33(24-28(3)58-43)50-22-20-49(21-23-50)19-18-47(11)12/h27-36,38-41,43,52-53,55H,17-26H2,1-16H3/t27-,28-,29+,30+,31-,32+,33-,34-,35+,36+,38+,39-,40+,41-,43+,44-,45+,46-/m1/s1. The van der Waals surface area contributed by atoms with E-state index in [4.69, 9.17) is 33.2 Å². The van der Waals surface area contributed by atoms with Gasteiger partial charge in [0.05, 0.1) is 53.7 Å². The maximum Gasteiger partial charge on any atom is 0.311 e. The molecule has 4 fully saturated rings. The number of piperazine rings is 1. The van der Waals surface area contributed by atoms with E-state index < -0.39 is 95.6 Å². The van der Waals surface area contributed by atoms with Crippen molar-refractivity contribution in [2.45, 2.75) is 179 Å². The van der Waals surface area contributed by atoms with Gasteiger partial charge in [-0.2, -0.15) is 0 Å². The smallest absolute Gasteiger partial charge is 0.311 e. The Morgan fingerprint density at radius 2 is 1.44 bits per heavy atom. The van der Waals surface area contributed by atoms with Crippen LogP contribution in [0.5, 0.6) is 0 Å². The number of carbonyl (C=O) groups is 2. The van der Waals surface area contributed by atoms with Crippen molar-refractivity contribution in [1.29, 1.82) is 0 Å². The molecule has 4 aliphatic heterocycles. The summed E-state index contributed by atoms with van der Waals surface area (Å²) < 4.78 is 45.8. The number of esters is 1. The fourth-order valence-electron chi connectivity index (χ4n) is 10.7. The van der Waals surface area contributed by atoms with Crippen LogP contribution in [0.25, 0.3) is 0 Å². The van der Waals surface area contributed by atoms with E-state index in [1.807, 2.05) is 34.9 Å². The SMILES string of the molecule is CC[C@H]1OC(=O)[C@H](C)[C@@H](O[C@H]2C[C@@](C)(OC)[C@@H](O)[C@H](C)O2)[C@H](C)[C@@H](O[C@@H]2O[C@H](C)C[C@@H](N3CCN(CCN(C)C)CC3)[C@@H]2N(C)C)[C@@](C)(OC)C[C@@H](C)C(=O)[C@H](C)[C@@H](O)[C@]1(C)O. The van der Waals surface area contributed by atoms with Gasteiger partial charge < -0.3 is 58.3 Å². The van der Waals surface area contributed by atoms with Crippen LogP contribution in [-0.2, 0) is 42.7 Å². The van der Waals surface area contributed by atoms with Gasteiger partial charge in [-0.1, -0.05) is 27.7 Å². The highest BCUT2D eigenvalue weighted by molar-refractivity contribution is 5.83. The molecule has 0 aliphatic carbocycles. The van der Waals surface area contributed by atoms with Gasteiger partial charge in [-0.05, 0) is 89.0 Å². The number of methoxy groups -OCH3 is 2. The zero-order valence-corrected chi connectivity index (χ0v) is 41.0. The highest BCUT2D eigenvalue weighted by Gasteiger charge is 2.54. The van der Waals surface area contributed by atoms with E-state index in [1.54, 1.807) is 41.7 Å². The Labute approximate surface area is 373 Å². The highest BCUT2D eigenvalue weighted by Crippen LogP contribution is 2.42. The van der Waals surface area contributed by atoms with E-state index in [2.05, 4.69) is 40.6 Å². The average molecular weight is 887 g/mol. The molecule has 0 aromatic heterocycles. The maximum absolute atomic E-state index is 14.5. The molecule has 0 unspecified atom stereocenters. The van der Waals surface area contributed by atoms with Gasteiger partial charge >= 0.3 is 5.97 Å². The van der Waals surface area contributed by atoms with E-state index in [0.29, 0.717) is 0 Å². The molecular formula is C46H86N4O12. The fourth-order valence-corrected chi connectivity index (χ4v) is 10.7. The largest absolute Gasteiger partial charge is 0.459 e. The number of likely N-dealkylation sites (N-methyl/N-ethyl adjacent to an activating group) is 2. The summed E-state index contributed by atoms with van der Waals surface area (Å²) in [5.41, 5.74) is -4.15. The molecular weight excluding hydrogens is 801 g/mol. The van der Waals surface area contributed by atoms with Gasteiger partial charge in [0.15, 0.2) is 12.6 Å². The number of hydrogen-bond donors (Lipinski definition) is 3. The van der Waals surface area contributed by atoms with Gasteiger partial charge in [0.1, 0.15) is 23.6 Å². The first-order chi connectivity index (χ1) is 28.8. The van der Waals surface area contributed by atoms with Crippen molar-refractivity contribution in [3.63, 3.8) is 0 Å². The second kappa shape index (κ2) is 21.9. The number of cyclic esters (lactones) is 1. The third-order valence-electron chi connectivity index (χ3n) is 14.9. The number of aliphatic hydroxyl groups excluding tert-OH is 2. The fraction of sp³-hybridized carbons (Fsp3) is 0.957. The van der Waals surface area contributed by atoms with Crippen LogP contribution in [0.4, 0.5) is 0 Å². The third kappa shape index (κ3) is 11.9. The number of Topliss-reactive ketones (excluding diaryl/α,β-unsaturated/α-hetero) is 1. The van der Waals surface area contributed by atoms with Crippen molar-refractivity contribution in [2.24, 2.45) is 23.7 Å². The minimum Gasteiger partial charge on any atom is -0.459 e. The molecule has 4 aliphatic rings. The summed E-state index contributed by atoms with van der Waals surface area (Å²) in [5, 5.41) is 34.5. The third-order valence-corrected chi connectivity index (χ3v) is 14.9. The molecule has 4 saturated heterocycles. The number of ether oxygens (including phenoxy) is 7. The summed E-state index contributed by atoms with van der Waals surface area (Å²) in [6.45, 7) is 23.6. The van der Waals surface area contributed by atoms with Gasteiger partial charge in [0, 0.05) is 83.7 Å². The lowest BCUT2D eigenvalue weighted by atomic mass is 9.73. The van der Waals surface area contributed by atoms with Crippen LogP contribution in [0.3, 0.4) is 0 Å². The first kappa shape index (κ1) is 53.2. The first-order valence-corrected chi connectivity index (χ1v) is 23.2. The summed E-state index contributed by atoms with van der Waals surface area (Å²) in [6.07, 6.45) is -6.58. The number of aliphatic hydroxyl groups is 3. The van der Waals surface area contributed by atoms with Crippen molar-refractivity contribution in [3.8, 4) is 0 Å². The Morgan fingerprint density at radius 1 is 0.823 bits per heavy atom. The second-order valence-electron chi connectivity index (χ2n) is 20.3. The summed E-state index contributed by atoms with van der Waals surface area (Å²) in [6, 6.07) is -0.0916. The quantitative estimate of drug-likeness (QED) is 0.244. The number of nitrogens with zero attached hydrogens (tertiary/aromatic N) is 4. The first-order valence-electron chi connectivity index (χ1n) is 23.2. The van der Waals surface area contributed by atoms with Crippen molar-refractivity contribution in [2.75, 3.05) is 81.7 Å². The second-order valence-corrected chi connectivity index (χ2v) is 20.3. The lowest BCUT2D eigenvalue weighted by molar-refractivity contribution is -0.314. The predicted molar refractivity (Wildman–Crippen MR) is 235 cm³/mol. The van der Waals surface area contributed by atoms with Gasteiger partial charge in [-0.3, -0.25) is 19.4 Å². The molecule has 0 saturated carbocycles. The van der Waals surface area contributed by atoms with Gasteiger partial charge in [0.2, 0.25) is 0 Å². The van der Waals surface area contributed by atoms with Gasteiger partial charge in [0.25, 0.3) is 0 Å². The Morgan fingerprint density at radius 3 is 1.98 bits per heavy atom. The van der Waals surface area contributed by atoms with Crippen molar-refractivity contribution >= 4 is 11.8 Å². The van der Waals surface area contributed by atoms with Gasteiger partial charge in [-0.25, -0.2) is 0 Å². The average Bonchev–Trinajstić information content (AvgIpc) is 3.22. The predicted octanol–water partition coefficient (Wildman–Crippen LogP) is 2.63. The van der Waals surface area contributed by atoms with Crippen LogP contribution in [-0.4, -0.2) is 213 Å². The van der Waals surface area contributed by atoms with Crippen molar-refractivity contribution in [3.05, 3.63) is 0 Å². The Balaban J connectivity index is 1.83. The molecule has 62 heavy (non-hydrogen) atoms. The normalized spacial score (nSPS) is 45.3. The van der Waals surface area contributed by atoms with Crippen LogP contribution in [0, 0.1) is 23.7 Å². The molecule has 0 radical (unpaired) electrons. The summed E-state index contributed by atoms with van der Waals surface area (Å²) >= 11 is 0.